The molecule has 0 fully saturated rings. The lowest BCUT2D eigenvalue weighted by atomic mass is 10.1. The number of carbonyl (C=O) groups is 2. The Morgan fingerprint density at radius 2 is 1.67 bits per heavy atom. The van der Waals surface area contributed by atoms with E-state index in [0.29, 0.717) is 23.5 Å². The van der Waals surface area contributed by atoms with Gasteiger partial charge < -0.3 is 4.74 Å². The number of benzene rings is 2. The van der Waals surface area contributed by atoms with Crippen LogP contribution in [0.5, 0.6) is 0 Å². The molecule has 9 nitrogen and oxygen atoms in total. The van der Waals surface area contributed by atoms with Crippen LogP contribution in [0.4, 0.5) is 0 Å². The third kappa shape index (κ3) is 7.63. The van der Waals surface area contributed by atoms with E-state index in [-0.39, 0.29) is 17.8 Å². The van der Waals surface area contributed by atoms with Crippen LogP contribution in [0.15, 0.2) is 96.1 Å². The number of aromatic nitrogens is 5. The molecule has 0 saturated carbocycles. The van der Waals surface area contributed by atoms with E-state index in [1.165, 1.54) is 10.6 Å². The predicted molar refractivity (Wildman–Crippen MR) is 137 cm³/mol. The Bertz CT molecular complexity index is 1430. The minimum Gasteiger partial charge on any atom is -0.466 e. The van der Waals surface area contributed by atoms with Crippen LogP contribution in [0.25, 0.3) is 16.9 Å². The number of aromatic amines is 2. The Morgan fingerprint density at radius 1 is 0.972 bits per heavy atom. The van der Waals surface area contributed by atoms with Crippen molar-refractivity contribution >= 4 is 17.4 Å². The number of H-pyrrole nitrogens is 2. The van der Waals surface area contributed by atoms with E-state index in [2.05, 4.69) is 25.0 Å². The highest BCUT2D eigenvalue weighted by atomic mass is 16.5. The van der Waals surface area contributed by atoms with Gasteiger partial charge in [0.2, 0.25) is 0 Å². The van der Waals surface area contributed by atoms with E-state index in [1.54, 1.807) is 49.6 Å². The summed E-state index contributed by atoms with van der Waals surface area (Å²) in [7, 11) is 0. The van der Waals surface area contributed by atoms with E-state index in [4.69, 9.17) is 0 Å². The molecule has 0 saturated heterocycles. The largest absolute Gasteiger partial charge is 0.466 e. The van der Waals surface area contributed by atoms with Crippen LogP contribution in [0.1, 0.15) is 29.4 Å². The summed E-state index contributed by atoms with van der Waals surface area (Å²) in [6, 6.07) is 23.6. The van der Waals surface area contributed by atoms with Crippen molar-refractivity contribution in [3.8, 4) is 11.3 Å². The van der Waals surface area contributed by atoms with Crippen LogP contribution in [0.2, 0.25) is 0 Å². The molecule has 184 valence electrons. The molecule has 3 aromatic heterocycles. The molecular formula is C27H27N5O4. The summed E-state index contributed by atoms with van der Waals surface area (Å²) in [5.41, 5.74) is 3.82. The third-order valence-electron chi connectivity index (χ3n) is 4.80. The quantitative estimate of drug-likeness (QED) is 0.218. The van der Waals surface area contributed by atoms with Crippen LogP contribution < -0.4 is 5.56 Å². The standard InChI is InChI=1S/C12H9N3O.C11H12O3.C4H6N2/c16-12-8-10(9-4-2-1-3-5-9)14-11-6-7-13-15(11)12;1-2-14-11(13)8-10(12)9-6-4-3-5-7-9;1-4-2-3-5-6-4/h1-8,13H;3-7H,2,8H2,1H3;2-3H,1H3,(H,5,6). The maximum atomic E-state index is 11.7. The Hall–Kier alpha value is -4.79. The Labute approximate surface area is 207 Å². The monoisotopic (exact) mass is 485 g/mol. The number of fused-ring (bicyclic) bond motifs is 1. The number of ketones is 1. The summed E-state index contributed by atoms with van der Waals surface area (Å²) in [6.45, 7) is 3.98. The molecule has 0 aliphatic rings. The number of nitrogens with one attached hydrogen (secondary N) is 2. The van der Waals surface area contributed by atoms with Crippen molar-refractivity contribution in [3.05, 3.63) is 113 Å². The van der Waals surface area contributed by atoms with Crippen molar-refractivity contribution in [1.29, 1.82) is 0 Å². The van der Waals surface area contributed by atoms with Gasteiger partial charge in [-0.25, -0.2) is 9.50 Å². The van der Waals surface area contributed by atoms with Gasteiger partial charge in [0, 0.05) is 41.3 Å². The normalized spacial score (nSPS) is 9.94. The molecular weight excluding hydrogens is 458 g/mol. The number of rotatable bonds is 5. The zero-order valence-corrected chi connectivity index (χ0v) is 20.0. The maximum absolute atomic E-state index is 11.7. The highest BCUT2D eigenvalue weighted by molar-refractivity contribution is 6.05. The van der Waals surface area contributed by atoms with E-state index >= 15 is 0 Å². The molecule has 0 radical (unpaired) electrons. The van der Waals surface area contributed by atoms with Crippen molar-refractivity contribution in [3.63, 3.8) is 0 Å². The first kappa shape index (κ1) is 25.8. The summed E-state index contributed by atoms with van der Waals surface area (Å²) in [5, 5.41) is 9.25. The minimum absolute atomic E-state index is 0.103. The second-order valence-electron chi connectivity index (χ2n) is 7.51. The average molecular weight is 486 g/mol. The summed E-state index contributed by atoms with van der Waals surface area (Å²) in [5.74, 6) is -0.676. The van der Waals surface area contributed by atoms with Crippen LogP contribution in [0.3, 0.4) is 0 Å². The first-order valence-electron chi connectivity index (χ1n) is 11.3. The molecule has 5 rings (SSSR count). The summed E-state index contributed by atoms with van der Waals surface area (Å²) >= 11 is 0. The first-order chi connectivity index (χ1) is 17.5. The first-order valence-corrected chi connectivity index (χ1v) is 11.3. The van der Waals surface area contributed by atoms with E-state index < -0.39 is 5.97 Å². The van der Waals surface area contributed by atoms with Gasteiger partial charge in [-0.2, -0.15) is 5.10 Å². The van der Waals surface area contributed by atoms with Gasteiger partial charge in [0.15, 0.2) is 11.4 Å². The number of esters is 1. The van der Waals surface area contributed by atoms with Gasteiger partial charge in [-0.3, -0.25) is 24.6 Å². The summed E-state index contributed by atoms with van der Waals surface area (Å²) < 4.78 is 6.08. The van der Waals surface area contributed by atoms with Gasteiger partial charge in [0.05, 0.1) is 12.3 Å². The lowest BCUT2D eigenvalue weighted by molar-refractivity contribution is -0.141. The predicted octanol–water partition coefficient (Wildman–Crippen LogP) is 4.23. The molecule has 0 atom stereocenters. The van der Waals surface area contributed by atoms with Crippen molar-refractivity contribution in [2.24, 2.45) is 0 Å². The SMILES string of the molecule is CCOC(=O)CC(=O)c1ccccc1.Cc1ccn[nH]1.O=c1cc(-c2ccccc2)nc2cc[nH]n12. The molecule has 0 bridgehead atoms. The van der Waals surface area contributed by atoms with Gasteiger partial charge in [0.25, 0.3) is 5.56 Å². The lowest BCUT2D eigenvalue weighted by Crippen LogP contribution is -2.13. The summed E-state index contributed by atoms with van der Waals surface area (Å²) in [4.78, 5) is 38.5. The molecule has 5 aromatic rings. The molecule has 2 N–H and O–H groups in total. The van der Waals surface area contributed by atoms with Crippen LogP contribution in [-0.4, -0.2) is 43.2 Å². The van der Waals surface area contributed by atoms with E-state index in [1.807, 2.05) is 49.4 Å². The molecule has 36 heavy (non-hydrogen) atoms. The summed E-state index contributed by atoms with van der Waals surface area (Å²) in [6.07, 6.45) is 3.24. The Morgan fingerprint density at radius 3 is 2.25 bits per heavy atom. The lowest BCUT2D eigenvalue weighted by Gasteiger charge is -2.00. The van der Waals surface area contributed by atoms with Crippen molar-refractivity contribution in [2.45, 2.75) is 20.3 Å². The second kappa shape index (κ2) is 13.2. The fraction of sp³-hybridized carbons (Fsp3) is 0.148. The van der Waals surface area contributed by atoms with Gasteiger partial charge >= 0.3 is 5.97 Å². The number of ether oxygens (including phenoxy) is 1. The van der Waals surface area contributed by atoms with Gasteiger partial charge in [0.1, 0.15) is 6.42 Å². The van der Waals surface area contributed by atoms with Gasteiger partial charge in [-0.15, -0.1) is 0 Å². The van der Waals surface area contributed by atoms with Crippen molar-refractivity contribution in [1.82, 2.24) is 24.8 Å². The second-order valence-corrected chi connectivity index (χ2v) is 7.51. The number of carbonyl (C=O) groups excluding carboxylic acids is 2. The molecule has 0 aliphatic carbocycles. The Kier molecular flexibility index (Phi) is 9.46. The van der Waals surface area contributed by atoms with Crippen LogP contribution in [-0.2, 0) is 9.53 Å². The Balaban J connectivity index is 0.000000165. The van der Waals surface area contributed by atoms with Crippen molar-refractivity contribution in [2.75, 3.05) is 6.61 Å². The number of hydrogen-bond donors (Lipinski definition) is 2. The molecule has 0 unspecified atom stereocenters. The van der Waals surface area contributed by atoms with Crippen LogP contribution in [0, 0.1) is 6.92 Å². The molecule has 0 aliphatic heterocycles. The zero-order valence-electron chi connectivity index (χ0n) is 20.0. The van der Waals surface area contributed by atoms with Crippen LogP contribution >= 0.6 is 0 Å². The number of aryl methyl sites for hydroxylation is 1. The van der Waals surface area contributed by atoms with E-state index in [0.717, 1.165) is 11.3 Å². The highest BCUT2D eigenvalue weighted by Crippen LogP contribution is 2.14. The van der Waals surface area contributed by atoms with Gasteiger partial charge in [-0.05, 0) is 19.9 Å². The molecule has 3 heterocycles. The number of nitrogens with zero attached hydrogens (tertiary/aromatic N) is 3. The van der Waals surface area contributed by atoms with Gasteiger partial charge in [-0.1, -0.05) is 60.7 Å². The zero-order chi connectivity index (χ0) is 25.8. The number of Topliss-reactive ketones (excluding diaryl/α,β-unsaturated/α-hetero) is 1. The molecule has 0 amide bonds. The third-order valence-corrected chi connectivity index (χ3v) is 4.80. The maximum Gasteiger partial charge on any atom is 0.313 e. The molecule has 2 aromatic carbocycles. The molecule has 0 spiro atoms. The smallest absolute Gasteiger partial charge is 0.313 e. The fourth-order valence-electron chi connectivity index (χ4n) is 3.08. The van der Waals surface area contributed by atoms with E-state index in [9.17, 15) is 14.4 Å². The average Bonchev–Trinajstić information content (AvgIpc) is 3.58. The highest BCUT2D eigenvalue weighted by Gasteiger charge is 2.11. The fourth-order valence-corrected chi connectivity index (χ4v) is 3.08. The topological polar surface area (TPSA) is 122 Å². The number of hydrogen-bond acceptors (Lipinski definition) is 6. The molecule has 9 heteroatoms. The van der Waals surface area contributed by atoms with Crippen molar-refractivity contribution < 1.29 is 14.3 Å². The minimum atomic E-state index is -0.471.